The molecule has 8 heteroatoms. The molecule has 0 aliphatic carbocycles. The second-order valence-corrected chi connectivity index (χ2v) is 8.97. The summed E-state index contributed by atoms with van der Waals surface area (Å²) < 4.78 is 31.8. The van der Waals surface area contributed by atoms with Crippen LogP contribution in [-0.2, 0) is 14.8 Å². The number of sulfonamides is 1. The minimum absolute atomic E-state index is 0.0325. The Labute approximate surface area is 148 Å². The van der Waals surface area contributed by atoms with Crippen molar-refractivity contribution in [2.24, 2.45) is 11.1 Å². The van der Waals surface area contributed by atoms with Crippen molar-refractivity contribution in [3.8, 4) is 0 Å². The number of ether oxygens (including phenoxy) is 1. The smallest absolute Gasteiger partial charge is 0.253 e. The summed E-state index contributed by atoms with van der Waals surface area (Å²) in [5.74, 6) is -0.0764. The van der Waals surface area contributed by atoms with E-state index in [1.807, 2.05) is 0 Å². The molecule has 1 unspecified atom stereocenters. The normalized spacial score (nSPS) is 25.3. The third kappa shape index (κ3) is 3.72. The quantitative estimate of drug-likeness (QED) is 0.837. The average molecular weight is 367 g/mol. The Morgan fingerprint density at radius 2 is 1.84 bits per heavy atom. The second kappa shape index (κ2) is 7.03. The molecule has 0 radical (unpaired) electrons. The minimum Gasteiger partial charge on any atom is -0.379 e. The Kier molecular flexibility index (Phi) is 5.15. The highest BCUT2D eigenvalue weighted by Crippen LogP contribution is 2.29. The molecule has 2 aliphatic rings. The molecule has 2 saturated heterocycles. The van der Waals surface area contributed by atoms with Gasteiger partial charge in [0.05, 0.1) is 18.1 Å². The van der Waals surface area contributed by atoms with Crippen LogP contribution in [0, 0.1) is 5.41 Å². The van der Waals surface area contributed by atoms with Crippen molar-refractivity contribution in [2.45, 2.75) is 18.2 Å². The van der Waals surface area contributed by atoms with Gasteiger partial charge in [-0.1, -0.05) is 6.92 Å². The van der Waals surface area contributed by atoms with Gasteiger partial charge in [-0.15, -0.1) is 0 Å². The predicted molar refractivity (Wildman–Crippen MR) is 93.7 cm³/mol. The summed E-state index contributed by atoms with van der Waals surface area (Å²) in [7, 11) is -3.53. The van der Waals surface area contributed by atoms with E-state index in [4.69, 9.17) is 10.5 Å². The van der Waals surface area contributed by atoms with Crippen LogP contribution in [0.4, 0.5) is 0 Å². The van der Waals surface area contributed by atoms with Crippen molar-refractivity contribution in [3.63, 3.8) is 0 Å². The molecular formula is C17H25N3O4S. The Balaban J connectivity index is 1.73. The molecule has 2 fully saturated rings. The first-order valence-electron chi connectivity index (χ1n) is 8.53. The summed E-state index contributed by atoms with van der Waals surface area (Å²) >= 11 is 0. The third-order valence-corrected chi connectivity index (χ3v) is 6.96. The first-order valence-corrected chi connectivity index (χ1v) is 9.97. The number of hydrogen-bond acceptors (Lipinski definition) is 5. The molecule has 0 aromatic heterocycles. The van der Waals surface area contributed by atoms with Crippen molar-refractivity contribution in [2.75, 3.05) is 45.9 Å². The Morgan fingerprint density at radius 3 is 2.40 bits per heavy atom. The largest absolute Gasteiger partial charge is 0.379 e. The Hall–Kier alpha value is -1.48. The van der Waals surface area contributed by atoms with Gasteiger partial charge in [-0.25, -0.2) is 8.42 Å². The number of morpholine rings is 1. The van der Waals surface area contributed by atoms with E-state index in [1.54, 1.807) is 17.0 Å². The van der Waals surface area contributed by atoms with E-state index >= 15 is 0 Å². The van der Waals surface area contributed by atoms with Crippen LogP contribution in [0.15, 0.2) is 29.2 Å². The van der Waals surface area contributed by atoms with Crippen LogP contribution in [0.2, 0.25) is 0 Å². The van der Waals surface area contributed by atoms with Crippen LogP contribution in [0.1, 0.15) is 23.7 Å². The zero-order valence-corrected chi connectivity index (χ0v) is 15.3. The van der Waals surface area contributed by atoms with E-state index in [1.165, 1.54) is 16.4 Å². The van der Waals surface area contributed by atoms with Crippen molar-refractivity contribution in [1.29, 1.82) is 0 Å². The van der Waals surface area contributed by atoms with E-state index < -0.39 is 10.0 Å². The van der Waals surface area contributed by atoms with Gasteiger partial charge in [0.1, 0.15) is 0 Å². The van der Waals surface area contributed by atoms with E-state index in [-0.39, 0.29) is 16.2 Å². The van der Waals surface area contributed by atoms with Crippen LogP contribution in [-0.4, -0.2) is 69.5 Å². The van der Waals surface area contributed by atoms with Crippen LogP contribution in [0.25, 0.3) is 0 Å². The van der Waals surface area contributed by atoms with E-state index in [0.717, 1.165) is 6.42 Å². The third-order valence-electron chi connectivity index (χ3n) is 5.05. The van der Waals surface area contributed by atoms with Gasteiger partial charge in [-0.3, -0.25) is 4.79 Å². The zero-order valence-electron chi connectivity index (χ0n) is 14.5. The Morgan fingerprint density at radius 1 is 1.20 bits per heavy atom. The van der Waals surface area contributed by atoms with Gasteiger partial charge in [0, 0.05) is 31.7 Å². The lowest BCUT2D eigenvalue weighted by molar-refractivity contribution is 0.0730. The van der Waals surface area contributed by atoms with Gasteiger partial charge < -0.3 is 15.4 Å². The Bertz CT molecular complexity index is 729. The highest BCUT2D eigenvalue weighted by molar-refractivity contribution is 7.89. The maximum atomic E-state index is 12.6. The monoisotopic (exact) mass is 367 g/mol. The van der Waals surface area contributed by atoms with Gasteiger partial charge in [0.25, 0.3) is 5.91 Å². The topological polar surface area (TPSA) is 92.9 Å². The molecule has 1 aromatic rings. The number of nitrogens with zero attached hydrogens (tertiary/aromatic N) is 2. The van der Waals surface area contributed by atoms with E-state index in [0.29, 0.717) is 51.5 Å². The van der Waals surface area contributed by atoms with Crippen LogP contribution in [0.3, 0.4) is 0 Å². The molecule has 1 amide bonds. The highest BCUT2D eigenvalue weighted by Gasteiger charge is 2.35. The summed E-state index contributed by atoms with van der Waals surface area (Å²) in [6, 6.07) is 6.20. The summed E-state index contributed by atoms with van der Waals surface area (Å²) in [6.07, 6.45) is 0.888. The van der Waals surface area contributed by atoms with Crippen molar-refractivity contribution in [3.05, 3.63) is 29.8 Å². The molecule has 2 N–H and O–H groups in total. The van der Waals surface area contributed by atoms with E-state index in [2.05, 4.69) is 6.92 Å². The van der Waals surface area contributed by atoms with Gasteiger partial charge in [-0.05, 0) is 42.6 Å². The molecule has 2 aliphatic heterocycles. The number of hydrogen-bond donors (Lipinski definition) is 1. The summed E-state index contributed by atoms with van der Waals surface area (Å²) in [4.78, 5) is 14.6. The fourth-order valence-corrected chi connectivity index (χ4v) is 4.66. The summed E-state index contributed by atoms with van der Waals surface area (Å²) in [5.41, 5.74) is 6.26. The molecule has 7 nitrogen and oxygen atoms in total. The number of likely N-dealkylation sites (tertiary alicyclic amines) is 1. The van der Waals surface area contributed by atoms with Crippen molar-refractivity contribution >= 4 is 15.9 Å². The number of carbonyl (C=O) groups excluding carboxylic acids is 1. The summed E-state index contributed by atoms with van der Waals surface area (Å²) in [6.45, 7) is 5.47. The fraction of sp³-hybridized carbons (Fsp3) is 0.588. The average Bonchev–Trinajstić information content (AvgIpc) is 3.05. The van der Waals surface area contributed by atoms with Crippen molar-refractivity contribution in [1.82, 2.24) is 9.21 Å². The molecule has 3 rings (SSSR count). The van der Waals surface area contributed by atoms with Crippen LogP contribution >= 0.6 is 0 Å². The van der Waals surface area contributed by atoms with Gasteiger partial charge >= 0.3 is 0 Å². The van der Waals surface area contributed by atoms with Gasteiger partial charge in [-0.2, -0.15) is 4.31 Å². The van der Waals surface area contributed by atoms with Crippen LogP contribution < -0.4 is 5.73 Å². The highest BCUT2D eigenvalue weighted by atomic mass is 32.2. The maximum absolute atomic E-state index is 12.6. The number of rotatable bonds is 4. The SMILES string of the molecule is CC1(CN)CCN(C(=O)c2ccc(S(=O)(=O)N3CCOCC3)cc2)C1. The van der Waals surface area contributed by atoms with Gasteiger partial charge in [0.15, 0.2) is 0 Å². The lowest BCUT2D eigenvalue weighted by Crippen LogP contribution is -2.40. The first-order chi connectivity index (χ1) is 11.9. The minimum atomic E-state index is -3.53. The predicted octanol–water partition coefficient (Wildman–Crippen LogP) is 0.518. The lowest BCUT2D eigenvalue weighted by Gasteiger charge is -2.26. The van der Waals surface area contributed by atoms with E-state index in [9.17, 15) is 13.2 Å². The van der Waals surface area contributed by atoms with Crippen LogP contribution in [0.5, 0.6) is 0 Å². The summed E-state index contributed by atoms with van der Waals surface area (Å²) in [5, 5.41) is 0. The fourth-order valence-electron chi connectivity index (χ4n) is 3.25. The number of nitrogens with two attached hydrogens (primary N) is 1. The number of amides is 1. The zero-order chi connectivity index (χ0) is 18.1. The second-order valence-electron chi connectivity index (χ2n) is 7.03. The number of carbonyl (C=O) groups is 1. The molecular weight excluding hydrogens is 342 g/mol. The molecule has 0 bridgehead atoms. The van der Waals surface area contributed by atoms with Gasteiger partial charge in [0.2, 0.25) is 10.0 Å². The maximum Gasteiger partial charge on any atom is 0.253 e. The molecule has 138 valence electrons. The molecule has 1 aromatic carbocycles. The lowest BCUT2D eigenvalue weighted by atomic mass is 9.90. The molecule has 1 atom stereocenters. The number of benzene rings is 1. The molecule has 0 spiro atoms. The standard InChI is InChI=1S/C17H25N3O4S/c1-17(12-18)6-7-19(13-17)16(21)14-2-4-15(5-3-14)25(22,23)20-8-10-24-11-9-20/h2-5H,6-13,18H2,1H3. The first kappa shape index (κ1) is 18.3. The van der Waals surface area contributed by atoms with Crippen molar-refractivity contribution < 1.29 is 17.9 Å². The molecule has 0 saturated carbocycles. The molecule has 2 heterocycles. The molecule has 25 heavy (non-hydrogen) atoms.